The zero-order valence-corrected chi connectivity index (χ0v) is 12.1. The molecule has 0 bridgehead atoms. The first-order valence-corrected chi connectivity index (χ1v) is 7.02. The normalized spacial score (nSPS) is 10.6. The van der Waals surface area contributed by atoms with Gasteiger partial charge in [-0.3, -0.25) is 0 Å². The van der Waals surface area contributed by atoms with Gasteiger partial charge in [0.1, 0.15) is 5.75 Å². The van der Waals surface area contributed by atoms with Gasteiger partial charge in [0.25, 0.3) is 0 Å². The van der Waals surface area contributed by atoms with E-state index in [0.717, 1.165) is 24.4 Å². The van der Waals surface area contributed by atoms with Crippen molar-refractivity contribution in [2.75, 3.05) is 7.11 Å². The van der Waals surface area contributed by atoms with Crippen LogP contribution >= 0.6 is 22.9 Å². The van der Waals surface area contributed by atoms with E-state index >= 15 is 0 Å². The second-order valence-electron chi connectivity index (χ2n) is 4.10. The zero-order valence-electron chi connectivity index (χ0n) is 10.5. The molecule has 0 saturated heterocycles. The van der Waals surface area contributed by atoms with Crippen LogP contribution < -0.4 is 10.1 Å². The quantitative estimate of drug-likeness (QED) is 0.894. The summed E-state index contributed by atoms with van der Waals surface area (Å²) in [5.74, 6) is 0.717. The maximum absolute atomic E-state index is 6.08. The molecule has 1 aromatic heterocycles. The summed E-state index contributed by atoms with van der Waals surface area (Å²) >= 11 is 7.87. The SMILES string of the molecule is COc1ccc(CNCc2sccc2C)cc1Cl. The summed E-state index contributed by atoms with van der Waals surface area (Å²) in [5.41, 5.74) is 2.51. The van der Waals surface area contributed by atoms with Gasteiger partial charge in [0.2, 0.25) is 0 Å². The van der Waals surface area contributed by atoms with Crippen molar-refractivity contribution in [2.24, 2.45) is 0 Å². The van der Waals surface area contributed by atoms with E-state index in [0.29, 0.717) is 5.02 Å². The minimum atomic E-state index is 0.657. The largest absolute Gasteiger partial charge is 0.495 e. The Hall–Kier alpha value is -1.03. The van der Waals surface area contributed by atoms with Gasteiger partial charge in [-0.1, -0.05) is 17.7 Å². The van der Waals surface area contributed by atoms with Gasteiger partial charge >= 0.3 is 0 Å². The van der Waals surface area contributed by atoms with Gasteiger partial charge in [0.15, 0.2) is 0 Å². The van der Waals surface area contributed by atoms with E-state index < -0.39 is 0 Å². The molecule has 18 heavy (non-hydrogen) atoms. The lowest BCUT2D eigenvalue weighted by molar-refractivity contribution is 0.415. The zero-order chi connectivity index (χ0) is 13.0. The van der Waals surface area contributed by atoms with E-state index in [1.807, 2.05) is 18.2 Å². The Morgan fingerprint density at radius 1 is 1.28 bits per heavy atom. The molecule has 2 rings (SSSR count). The highest BCUT2D eigenvalue weighted by Crippen LogP contribution is 2.24. The van der Waals surface area contributed by atoms with E-state index in [1.165, 1.54) is 10.4 Å². The Labute approximate surface area is 117 Å². The van der Waals surface area contributed by atoms with E-state index in [9.17, 15) is 0 Å². The summed E-state index contributed by atoms with van der Waals surface area (Å²) < 4.78 is 5.13. The Bertz CT molecular complexity index is 524. The average molecular weight is 282 g/mol. The molecule has 4 heteroatoms. The van der Waals surface area contributed by atoms with Gasteiger partial charge in [-0.25, -0.2) is 0 Å². The highest BCUT2D eigenvalue weighted by molar-refractivity contribution is 7.10. The molecule has 2 aromatic rings. The summed E-state index contributed by atoms with van der Waals surface area (Å²) in [6.45, 7) is 3.84. The van der Waals surface area contributed by atoms with E-state index in [-0.39, 0.29) is 0 Å². The molecule has 0 atom stereocenters. The molecule has 0 aliphatic heterocycles. The van der Waals surface area contributed by atoms with Crippen LogP contribution in [-0.2, 0) is 13.1 Å². The minimum Gasteiger partial charge on any atom is -0.495 e. The Balaban J connectivity index is 1.91. The van der Waals surface area contributed by atoms with Gasteiger partial charge in [-0.15, -0.1) is 11.3 Å². The smallest absolute Gasteiger partial charge is 0.137 e. The van der Waals surface area contributed by atoms with Crippen molar-refractivity contribution in [3.05, 3.63) is 50.7 Å². The van der Waals surface area contributed by atoms with Gasteiger partial charge < -0.3 is 10.1 Å². The molecule has 1 heterocycles. The van der Waals surface area contributed by atoms with Crippen LogP contribution in [0.1, 0.15) is 16.0 Å². The first kappa shape index (κ1) is 13.4. The molecule has 1 N–H and O–H groups in total. The number of hydrogen-bond acceptors (Lipinski definition) is 3. The number of rotatable bonds is 5. The number of aryl methyl sites for hydroxylation is 1. The number of thiophene rings is 1. The minimum absolute atomic E-state index is 0.657. The van der Waals surface area contributed by atoms with Gasteiger partial charge in [-0.05, 0) is 41.6 Å². The molecule has 0 fully saturated rings. The monoisotopic (exact) mass is 281 g/mol. The van der Waals surface area contributed by atoms with Gasteiger partial charge in [-0.2, -0.15) is 0 Å². The lowest BCUT2D eigenvalue weighted by atomic mass is 10.2. The maximum atomic E-state index is 6.08. The lowest BCUT2D eigenvalue weighted by Crippen LogP contribution is -2.12. The first-order valence-electron chi connectivity index (χ1n) is 5.77. The lowest BCUT2D eigenvalue weighted by Gasteiger charge is -2.07. The predicted molar refractivity (Wildman–Crippen MR) is 77.6 cm³/mol. The molecule has 2 nitrogen and oxygen atoms in total. The van der Waals surface area contributed by atoms with Crippen molar-refractivity contribution in [3.8, 4) is 5.75 Å². The first-order chi connectivity index (χ1) is 8.70. The summed E-state index contributed by atoms with van der Waals surface area (Å²) in [6.07, 6.45) is 0. The van der Waals surface area contributed by atoms with Crippen LogP contribution in [0.2, 0.25) is 5.02 Å². The molecule has 0 amide bonds. The van der Waals surface area contributed by atoms with Crippen LogP contribution in [0.5, 0.6) is 5.75 Å². The van der Waals surface area contributed by atoms with Crippen molar-refractivity contribution >= 4 is 22.9 Å². The fourth-order valence-corrected chi connectivity index (χ4v) is 2.88. The fourth-order valence-electron chi connectivity index (χ4n) is 1.73. The van der Waals surface area contributed by atoms with Crippen LogP contribution in [-0.4, -0.2) is 7.11 Å². The van der Waals surface area contributed by atoms with E-state index in [1.54, 1.807) is 18.4 Å². The van der Waals surface area contributed by atoms with Crippen molar-refractivity contribution in [1.82, 2.24) is 5.32 Å². The van der Waals surface area contributed by atoms with Crippen molar-refractivity contribution < 1.29 is 4.74 Å². The van der Waals surface area contributed by atoms with Crippen LogP contribution in [0.15, 0.2) is 29.6 Å². The molecule has 0 aliphatic carbocycles. The third-order valence-electron chi connectivity index (χ3n) is 2.80. The molecule has 0 spiro atoms. The molecular formula is C14H16ClNOS. The molecule has 96 valence electrons. The van der Waals surface area contributed by atoms with Crippen molar-refractivity contribution in [1.29, 1.82) is 0 Å². The van der Waals surface area contributed by atoms with Crippen LogP contribution in [0.25, 0.3) is 0 Å². The highest BCUT2D eigenvalue weighted by atomic mass is 35.5. The molecule has 0 radical (unpaired) electrons. The topological polar surface area (TPSA) is 21.3 Å². The number of hydrogen-bond donors (Lipinski definition) is 1. The number of nitrogens with one attached hydrogen (secondary N) is 1. The standard InChI is InChI=1S/C14H16ClNOS/c1-10-5-6-18-14(10)9-16-8-11-3-4-13(17-2)12(15)7-11/h3-7,16H,8-9H2,1-2H3. The van der Waals surface area contributed by atoms with Crippen molar-refractivity contribution in [3.63, 3.8) is 0 Å². The molecule has 0 unspecified atom stereocenters. The number of halogens is 1. The average Bonchev–Trinajstić information content (AvgIpc) is 2.75. The van der Waals surface area contributed by atoms with Crippen LogP contribution in [0.4, 0.5) is 0 Å². The van der Waals surface area contributed by atoms with Crippen molar-refractivity contribution in [2.45, 2.75) is 20.0 Å². The summed E-state index contributed by atoms with van der Waals surface area (Å²) in [4.78, 5) is 1.38. The Kier molecular flexibility index (Phi) is 4.64. The third kappa shape index (κ3) is 3.25. The number of methoxy groups -OCH3 is 1. The third-order valence-corrected chi connectivity index (χ3v) is 4.12. The van der Waals surface area contributed by atoms with Gasteiger partial charge in [0.05, 0.1) is 12.1 Å². The maximum Gasteiger partial charge on any atom is 0.137 e. The molecule has 0 aliphatic rings. The second-order valence-corrected chi connectivity index (χ2v) is 5.51. The Morgan fingerprint density at radius 2 is 2.11 bits per heavy atom. The highest BCUT2D eigenvalue weighted by Gasteiger charge is 2.03. The van der Waals surface area contributed by atoms with Gasteiger partial charge in [0, 0.05) is 18.0 Å². The van der Waals surface area contributed by atoms with E-state index in [2.05, 4.69) is 23.7 Å². The van der Waals surface area contributed by atoms with E-state index in [4.69, 9.17) is 16.3 Å². The summed E-state index contributed by atoms with van der Waals surface area (Å²) in [7, 11) is 1.62. The summed E-state index contributed by atoms with van der Waals surface area (Å²) in [5, 5.41) is 6.20. The molecular weight excluding hydrogens is 266 g/mol. The molecule has 1 aromatic carbocycles. The Morgan fingerprint density at radius 3 is 2.72 bits per heavy atom. The number of benzene rings is 1. The number of ether oxygens (including phenoxy) is 1. The molecule has 0 saturated carbocycles. The van der Waals surface area contributed by atoms with Crippen LogP contribution in [0, 0.1) is 6.92 Å². The summed E-state index contributed by atoms with van der Waals surface area (Å²) in [6, 6.07) is 8.01. The van der Waals surface area contributed by atoms with Crippen LogP contribution in [0.3, 0.4) is 0 Å². The second kappa shape index (κ2) is 6.23. The fraction of sp³-hybridized carbons (Fsp3) is 0.286. The predicted octanol–water partition coefficient (Wildman–Crippen LogP) is 4.01.